The molecule has 0 aromatic heterocycles. The van der Waals surface area contributed by atoms with Gasteiger partial charge in [0.25, 0.3) is 0 Å². The summed E-state index contributed by atoms with van der Waals surface area (Å²) >= 11 is 1.21. The van der Waals surface area contributed by atoms with E-state index in [4.69, 9.17) is 5.26 Å². The number of nitriles is 1. The first kappa shape index (κ1) is 13.1. The number of ketones is 1. The van der Waals surface area contributed by atoms with E-state index in [1.54, 1.807) is 24.6 Å². The topological polar surface area (TPSA) is 85.5 Å². The molecule has 88 valence electrons. The van der Waals surface area contributed by atoms with Gasteiger partial charge in [-0.2, -0.15) is 5.26 Å². The van der Waals surface area contributed by atoms with Crippen LogP contribution in [-0.2, 0) is 0 Å². The summed E-state index contributed by atoms with van der Waals surface area (Å²) in [7, 11) is 0. The minimum absolute atomic E-state index is 0.0935. The number of thioether (sulfide) groups is 1. The zero-order valence-corrected chi connectivity index (χ0v) is 10.2. The Hall–Kier alpha value is -2.00. The lowest BCUT2D eigenvalue weighted by Gasteiger charge is -2.06. The van der Waals surface area contributed by atoms with Gasteiger partial charge in [-0.3, -0.25) is 10.1 Å². The summed E-state index contributed by atoms with van der Waals surface area (Å²) in [4.78, 5) is 15.4. The third kappa shape index (κ3) is 3.23. The fourth-order valence-corrected chi connectivity index (χ4v) is 1.54. The Morgan fingerprint density at radius 1 is 1.59 bits per heavy atom. The summed E-state index contributed by atoms with van der Waals surface area (Å²) in [6, 6.07) is 4.59. The molecule has 0 radical (unpaired) electrons. The quantitative estimate of drug-likeness (QED) is 0.275. The zero-order chi connectivity index (χ0) is 12.8. The summed E-state index contributed by atoms with van der Waals surface area (Å²) in [5.74, 6) is -0.291. The van der Waals surface area contributed by atoms with Gasteiger partial charge in [0.1, 0.15) is 11.4 Å². The highest BCUT2D eigenvalue weighted by Gasteiger charge is 2.11. The normalized spacial score (nSPS) is 10.8. The number of amidine groups is 1. The van der Waals surface area contributed by atoms with Gasteiger partial charge in [0.15, 0.2) is 17.1 Å². The predicted molar refractivity (Wildman–Crippen MR) is 67.5 cm³/mol. The Morgan fingerprint density at radius 3 is 2.82 bits per heavy atom. The number of nitrogens with one attached hydrogen (secondary N) is 1. The summed E-state index contributed by atoms with van der Waals surface area (Å²) in [5, 5.41) is 20.9. The molecule has 0 saturated carbocycles. The third-order valence-corrected chi connectivity index (χ3v) is 2.54. The molecule has 0 spiro atoms. The average Bonchev–Trinajstić information content (AvgIpc) is 2.30. The standard InChI is InChI=1S/C11H11N3O2S/c1-7(15)8-4-3-5-9(16)10(8)14-11(17-2)13-6-12/h3-5,16H,1-2H3,(H,13,14). The number of phenols is 1. The number of carbonyl (C=O) groups excluding carboxylic acids is 1. The molecule has 2 N–H and O–H groups in total. The van der Waals surface area contributed by atoms with Crippen LogP contribution in [0.3, 0.4) is 0 Å². The monoisotopic (exact) mass is 249 g/mol. The van der Waals surface area contributed by atoms with Crippen molar-refractivity contribution < 1.29 is 9.90 Å². The number of phenolic OH excluding ortho intramolecular Hbond substituents is 1. The molecule has 1 aromatic carbocycles. The third-order valence-electron chi connectivity index (χ3n) is 1.96. The van der Waals surface area contributed by atoms with Crippen LogP contribution in [0.2, 0.25) is 0 Å². The lowest BCUT2D eigenvalue weighted by atomic mass is 10.1. The van der Waals surface area contributed by atoms with E-state index in [0.29, 0.717) is 10.7 Å². The van der Waals surface area contributed by atoms with E-state index in [-0.39, 0.29) is 17.2 Å². The van der Waals surface area contributed by atoms with Crippen molar-refractivity contribution in [1.82, 2.24) is 5.32 Å². The van der Waals surface area contributed by atoms with Gasteiger partial charge < -0.3 is 5.11 Å². The van der Waals surface area contributed by atoms with E-state index in [9.17, 15) is 9.90 Å². The van der Waals surface area contributed by atoms with Crippen LogP contribution in [0.15, 0.2) is 23.2 Å². The van der Waals surface area contributed by atoms with Crippen LogP contribution >= 0.6 is 11.8 Å². The smallest absolute Gasteiger partial charge is 0.183 e. The van der Waals surface area contributed by atoms with E-state index >= 15 is 0 Å². The van der Waals surface area contributed by atoms with Crippen LogP contribution in [-0.4, -0.2) is 22.3 Å². The van der Waals surface area contributed by atoms with Gasteiger partial charge in [-0.1, -0.05) is 17.8 Å². The fraction of sp³-hybridized carbons (Fsp3) is 0.182. The molecule has 0 heterocycles. The van der Waals surface area contributed by atoms with Crippen LogP contribution in [0.5, 0.6) is 5.75 Å². The SMILES string of the molecule is CSC(=Nc1c(O)cccc1C(C)=O)NC#N. The van der Waals surface area contributed by atoms with Crippen molar-refractivity contribution in [3.63, 3.8) is 0 Å². The van der Waals surface area contributed by atoms with Crippen molar-refractivity contribution in [1.29, 1.82) is 5.26 Å². The van der Waals surface area contributed by atoms with Gasteiger partial charge in [-0.05, 0) is 25.3 Å². The minimum Gasteiger partial charge on any atom is -0.506 e. The maximum absolute atomic E-state index is 11.4. The lowest BCUT2D eigenvalue weighted by Crippen LogP contribution is -2.12. The molecule has 5 nitrogen and oxygen atoms in total. The average molecular weight is 249 g/mol. The van der Waals surface area contributed by atoms with Gasteiger partial charge >= 0.3 is 0 Å². The van der Waals surface area contributed by atoms with Gasteiger partial charge in [-0.25, -0.2) is 4.99 Å². The highest BCUT2D eigenvalue weighted by molar-refractivity contribution is 8.13. The van der Waals surface area contributed by atoms with Crippen LogP contribution < -0.4 is 5.32 Å². The second-order valence-corrected chi connectivity index (χ2v) is 3.88. The van der Waals surface area contributed by atoms with Crippen molar-refractivity contribution in [2.24, 2.45) is 4.99 Å². The molecule has 1 rings (SSSR count). The molecule has 0 fully saturated rings. The van der Waals surface area contributed by atoms with Gasteiger partial charge in [0.05, 0.1) is 0 Å². The molecule has 0 aliphatic rings. The molecule has 0 bridgehead atoms. The molecule has 0 saturated heterocycles. The molecule has 17 heavy (non-hydrogen) atoms. The van der Waals surface area contributed by atoms with E-state index in [0.717, 1.165) is 0 Å². The molecule has 0 atom stereocenters. The van der Waals surface area contributed by atoms with Crippen LogP contribution in [0, 0.1) is 11.5 Å². The fourth-order valence-electron chi connectivity index (χ4n) is 1.21. The number of rotatable bonds is 2. The Morgan fingerprint density at radius 2 is 2.29 bits per heavy atom. The van der Waals surface area contributed by atoms with Crippen molar-refractivity contribution in [2.75, 3.05) is 6.26 Å². The maximum Gasteiger partial charge on any atom is 0.183 e. The van der Waals surface area contributed by atoms with Crippen molar-refractivity contribution in [3.8, 4) is 11.9 Å². The first-order valence-electron chi connectivity index (χ1n) is 4.70. The van der Waals surface area contributed by atoms with Gasteiger partial charge in [0.2, 0.25) is 0 Å². The van der Waals surface area contributed by atoms with E-state index in [1.165, 1.54) is 24.8 Å². The predicted octanol–water partition coefficient (Wildman–Crippen LogP) is 2.02. The number of aliphatic imine (C=N–C) groups is 1. The van der Waals surface area contributed by atoms with Crippen molar-refractivity contribution >= 4 is 28.4 Å². The van der Waals surface area contributed by atoms with Crippen molar-refractivity contribution in [3.05, 3.63) is 23.8 Å². The first-order chi connectivity index (χ1) is 8.10. The molecule has 1 aromatic rings. The highest BCUT2D eigenvalue weighted by atomic mass is 32.2. The largest absolute Gasteiger partial charge is 0.506 e. The molecule has 6 heteroatoms. The highest BCUT2D eigenvalue weighted by Crippen LogP contribution is 2.31. The van der Waals surface area contributed by atoms with Gasteiger partial charge in [0, 0.05) is 5.56 Å². The second kappa shape index (κ2) is 5.92. The molecule has 0 aliphatic carbocycles. The zero-order valence-electron chi connectivity index (χ0n) is 9.39. The minimum atomic E-state index is -0.197. The maximum atomic E-state index is 11.4. The van der Waals surface area contributed by atoms with Crippen LogP contribution in [0.4, 0.5) is 5.69 Å². The lowest BCUT2D eigenvalue weighted by molar-refractivity contribution is 0.101. The number of nitrogens with zero attached hydrogens (tertiary/aromatic N) is 2. The molecular formula is C11H11N3O2S. The second-order valence-electron chi connectivity index (χ2n) is 3.09. The molecular weight excluding hydrogens is 238 g/mol. The van der Waals surface area contributed by atoms with E-state index in [2.05, 4.69) is 10.3 Å². The number of hydrogen-bond acceptors (Lipinski definition) is 5. The van der Waals surface area contributed by atoms with Crippen LogP contribution in [0.1, 0.15) is 17.3 Å². The molecule has 0 amide bonds. The number of para-hydroxylation sites is 1. The Bertz CT molecular complexity index is 506. The summed E-state index contributed by atoms with van der Waals surface area (Å²) in [6.07, 6.45) is 3.47. The molecule has 0 unspecified atom stereocenters. The van der Waals surface area contributed by atoms with Crippen LogP contribution in [0.25, 0.3) is 0 Å². The van der Waals surface area contributed by atoms with E-state index in [1.807, 2.05) is 0 Å². The summed E-state index contributed by atoms with van der Waals surface area (Å²) in [5.41, 5.74) is 0.489. The van der Waals surface area contributed by atoms with E-state index < -0.39 is 0 Å². The Labute approximate surface area is 103 Å². The Balaban J connectivity index is 3.30. The molecule has 0 aliphatic heterocycles. The van der Waals surface area contributed by atoms with Gasteiger partial charge in [-0.15, -0.1) is 0 Å². The summed E-state index contributed by atoms with van der Waals surface area (Å²) < 4.78 is 0. The first-order valence-corrected chi connectivity index (χ1v) is 5.93. The summed E-state index contributed by atoms with van der Waals surface area (Å²) in [6.45, 7) is 1.39. The number of aromatic hydroxyl groups is 1. The number of Topliss-reactive ketones (excluding diaryl/α,β-unsaturated/α-hetero) is 1. The number of hydrogen-bond donors (Lipinski definition) is 2. The number of carbonyl (C=O) groups is 1. The number of benzene rings is 1. The Kier molecular flexibility index (Phi) is 4.55. The van der Waals surface area contributed by atoms with Crippen molar-refractivity contribution in [2.45, 2.75) is 6.92 Å².